The first kappa shape index (κ1) is 12.0. The zero-order valence-electron chi connectivity index (χ0n) is 10.2. The maximum Gasteiger partial charge on any atom is 0.251 e. The smallest absolute Gasteiger partial charge is 0.251 e. The van der Waals surface area contributed by atoms with Crippen LogP contribution in [0, 0.1) is 0 Å². The van der Waals surface area contributed by atoms with Crippen molar-refractivity contribution in [3.8, 4) is 0 Å². The summed E-state index contributed by atoms with van der Waals surface area (Å²) in [6, 6.07) is 5.77. The predicted octanol–water partition coefficient (Wildman–Crippen LogP) is 2.61. The molecule has 1 amide bonds. The lowest BCUT2D eigenvalue weighted by Gasteiger charge is -2.41. The van der Waals surface area contributed by atoms with Gasteiger partial charge in [0.2, 0.25) is 0 Å². The van der Waals surface area contributed by atoms with Crippen LogP contribution in [0.4, 0.5) is 0 Å². The number of fused-ring (bicyclic) bond motifs is 1. The molecule has 0 radical (unpaired) electrons. The zero-order valence-corrected chi connectivity index (χ0v) is 10.9. The van der Waals surface area contributed by atoms with Crippen molar-refractivity contribution in [3.63, 3.8) is 0 Å². The Morgan fingerprint density at radius 1 is 1.33 bits per heavy atom. The molecule has 1 saturated carbocycles. The van der Waals surface area contributed by atoms with Crippen molar-refractivity contribution in [1.29, 1.82) is 0 Å². The van der Waals surface area contributed by atoms with Gasteiger partial charge in [-0.05, 0) is 42.5 Å². The number of benzene rings is 1. The van der Waals surface area contributed by atoms with Crippen molar-refractivity contribution in [1.82, 2.24) is 5.32 Å². The Morgan fingerprint density at radius 3 is 2.78 bits per heavy atom. The number of hydrogen-bond acceptors (Lipinski definition) is 2. The first-order chi connectivity index (χ1) is 8.72. The van der Waals surface area contributed by atoms with Gasteiger partial charge in [-0.15, -0.1) is 11.6 Å². The third-order valence-corrected chi connectivity index (χ3v) is 4.44. The van der Waals surface area contributed by atoms with E-state index in [1.165, 1.54) is 5.56 Å². The van der Waals surface area contributed by atoms with E-state index < -0.39 is 0 Å². The largest absolute Gasteiger partial charge is 0.372 e. The lowest BCUT2D eigenvalue weighted by Crippen LogP contribution is -2.55. The van der Waals surface area contributed by atoms with E-state index in [0.29, 0.717) is 24.7 Å². The monoisotopic (exact) mass is 265 g/mol. The van der Waals surface area contributed by atoms with Gasteiger partial charge in [0.25, 0.3) is 5.91 Å². The molecule has 1 N–H and O–H groups in total. The Balaban J connectivity index is 1.76. The third kappa shape index (κ3) is 2.02. The summed E-state index contributed by atoms with van der Waals surface area (Å²) in [7, 11) is 0. The molecule has 1 aromatic rings. The molecule has 1 aliphatic heterocycles. The fourth-order valence-corrected chi connectivity index (χ4v) is 2.86. The van der Waals surface area contributed by atoms with E-state index in [1.807, 2.05) is 18.2 Å². The molecule has 1 fully saturated rings. The SMILES string of the molecule is O=C(NC1(CCl)CCC1)c1ccc2c(c1)COC2. The minimum absolute atomic E-state index is 0.0231. The highest BCUT2D eigenvalue weighted by Crippen LogP contribution is 2.33. The molecule has 1 aliphatic carbocycles. The second-order valence-electron chi connectivity index (χ2n) is 5.20. The lowest BCUT2D eigenvalue weighted by molar-refractivity contribution is 0.0853. The van der Waals surface area contributed by atoms with E-state index in [0.717, 1.165) is 24.8 Å². The van der Waals surface area contributed by atoms with Gasteiger partial charge >= 0.3 is 0 Å². The van der Waals surface area contributed by atoms with Gasteiger partial charge in [0.1, 0.15) is 0 Å². The van der Waals surface area contributed by atoms with E-state index in [-0.39, 0.29) is 11.4 Å². The molecule has 0 bridgehead atoms. The second-order valence-corrected chi connectivity index (χ2v) is 5.47. The van der Waals surface area contributed by atoms with Crippen molar-refractivity contribution >= 4 is 17.5 Å². The van der Waals surface area contributed by atoms with Crippen LogP contribution in [0.1, 0.15) is 40.7 Å². The lowest BCUT2D eigenvalue weighted by atomic mass is 9.78. The molecule has 3 rings (SSSR count). The standard InChI is InChI=1S/C14H16ClNO2/c15-9-14(4-1-5-14)16-13(17)10-2-3-11-7-18-8-12(11)6-10/h2-3,6H,1,4-5,7-9H2,(H,16,17). The van der Waals surface area contributed by atoms with E-state index in [1.54, 1.807) is 0 Å². The van der Waals surface area contributed by atoms with Gasteiger partial charge < -0.3 is 10.1 Å². The van der Waals surface area contributed by atoms with Gasteiger partial charge in [-0.3, -0.25) is 4.79 Å². The number of rotatable bonds is 3. The topological polar surface area (TPSA) is 38.3 Å². The number of amides is 1. The van der Waals surface area contributed by atoms with Crippen LogP contribution in [-0.2, 0) is 18.0 Å². The summed E-state index contributed by atoms with van der Waals surface area (Å²) in [6.07, 6.45) is 3.11. The second kappa shape index (κ2) is 4.56. The van der Waals surface area contributed by atoms with Gasteiger partial charge in [-0.25, -0.2) is 0 Å². The summed E-state index contributed by atoms with van der Waals surface area (Å²) < 4.78 is 5.35. The zero-order chi connectivity index (χ0) is 12.6. The average Bonchev–Trinajstić information content (AvgIpc) is 2.80. The van der Waals surface area contributed by atoms with Gasteiger partial charge in [-0.2, -0.15) is 0 Å². The normalized spacial score (nSPS) is 20.1. The van der Waals surface area contributed by atoms with Crippen LogP contribution >= 0.6 is 11.6 Å². The number of nitrogens with one attached hydrogen (secondary N) is 1. The molecule has 3 nitrogen and oxygen atoms in total. The van der Waals surface area contributed by atoms with Crippen molar-refractivity contribution in [3.05, 3.63) is 34.9 Å². The molecule has 96 valence electrons. The van der Waals surface area contributed by atoms with E-state index in [9.17, 15) is 4.79 Å². The van der Waals surface area contributed by atoms with Gasteiger partial charge in [0, 0.05) is 11.4 Å². The molecule has 18 heavy (non-hydrogen) atoms. The Labute approximate surface area is 111 Å². The fourth-order valence-electron chi connectivity index (χ4n) is 2.52. The predicted molar refractivity (Wildman–Crippen MR) is 69.7 cm³/mol. The highest BCUT2D eigenvalue weighted by Gasteiger charge is 2.37. The first-order valence-electron chi connectivity index (χ1n) is 6.30. The molecule has 0 aromatic heterocycles. The maximum atomic E-state index is 12.2. The van der Waals surface area contributed by atoms with Crippen LogP contribution < -0.4 is 5.32 Å². The summed E-state index contributed by atoms with van der Waals surface area (Å²) >= 11 is 5.95. The molecule has 0 saturated heterocycles. The van der Waals surface area contributed by atoms with Crippen molar-refractivity contribution in [2.75, 3.05) is 5.88 Å². The van der Waals surface area contributed by atoms with Gasteiger partial charge in [0.05, 0.1) is 18.8 Å². The highest BCUT2D eigenvalue weighted by atomic mass is 35.5. The molecule has 0 atom stereocenters. The van der Waals surface area contributed by atoms with E-state index >= 15 is 0 Å². The van der Waals surface area contributed by atoms with Crippen molar-refractivity contribution in [2.24, 2.45) is 0 Å². The molecule has 1 aromatic carbocycles. The quantitative estimate of drug-likeness (QED) is 0.853. The molecular weight excluding hydrogens is 250 g/mol. The summed E-state index contributed by atoms with van der Waals surface area (Å²) in [4.78, 5) is 12.2. The maximum absolute atomic E-state index is 12.2. The number of ether oxygens (including phenoxy) is 1. The minimum Gasteiger partial charge on any atom is -0.372 e. The summed E-state index contributed by atoms with van der Waals surface area (Å²) in [5, 5.41) is 3.08. The van der Waals surface area contributed by atoms with Crippen LogP contribution in [0.5, 0.6) is 0 Å². The highest BCUT2D eigenvalue weighted by molar-refractivity contribution is 6.19. The van der Waals surface area contributed by atoms with E-state index in [4.69, 9.17) is 16.3 Å². The number of hydrogen-bond donors (Lipinski definition) is 1. The Hall–Kier alpha value is -1.06. The third-order valence-electron chi connectivity index (χ3n) is 3.93. The van der Waals surface area contributed by atoms with Crippen LogP contribution in [0.15, 0.2) is 18.2 Å². The van der Waals surface area contributed by atoms with E-state index in [2.05, 4.69) is 5.32 Å². The van der Waals surface area contributed by atoms with Gasteiger partial charge in [0.15, 0.2) is 0 Å². The number of halogens is 1. The molecule has 0 spiro atoms. The van der Waals surface area contributed by atoms with Crippen LogP contribution in [0.2, 0.25) is 0 Å². The average molecular weight is 266 g/mol. The Kier molecular flexibility index (Phi) is 3.04. The summed E-state index contributed by atoms with van der Waals surface area (Å²) in [6.45, 7) is 1.26. The molecule has 2 aliphatic rings. The molecular formula is C14H16ClNO2. The molecule has 4 heteroatoms. The Morgan fingerprint density at radius 2 is 2.11 bits per heavy atom. The number of alkyl halides is 1. The summed E-state index contributed by atoms with van der Waals surface area (Å²) in [5.41, 5.74) is 2.84. The van der Waals surface area contributed by atoms with Crippen LogP contribution in [0.25, 0.3) is 0 Å². The van der Waals surface area contributed by atoms with Crippen molar-refractivity contribution in [2.45, 2.75) is 38.0 Å². The number of carbonyl (C=O) groups excluding carboxylic acids is 1. The minimum atomic E-state index is -0.172. The first-order valence-corrected chi connectivity index (χ1v) is 6.84. The van der Waals surface area contributed by atoms with Gasteiger partial charge in [-0.1, -0.05) is 6.07 Å². The fraction of sp³-hybridized carbons (Fsp3) is 0.500. The van der Waals surface area contributed by atoms with Crippen molar-refractivity contribution < 1.29 is 9.53 Å². The van der Waals surface area contributed by atoms with Crippen LogP contribution in [-0.4, -0.2) is 17.3 Å². The molecule has 0 unspecified atom stereocenters. The molecule has 1 heterocycles. The van der Waals surface area contributed by atoms with Crippen LogP contribution in [0.3, 0.4) is 0 Å². The Bertz CT molecular complexity index is 477. The summed E-state index contributed by atoms with van der Waals surface area (Å²) in [5.74, 6) is 0.470. The number of carbonyl (C=O) groups is 1.